The number of rotatable bonds is 4. The number of halogens is 3. The summed E-state index contributed by atoms with van der Waals surface area (Å²) < 4.78 is 38.0. The molecule has 2 nitrogen and oxygen atoms in total. The van der Waals surface area contributed by atoms with Gasteiger partial charge in [0.05, 0.1) is 0 Å². The largest absolute Gasteiger partial charge is 0.396 e. The van der Waals surface area contributed by atoms with Crippen LogP contribution < -0.4 is 5.32 Å². The molecule has 0 amide bonds. The van der Waals surface area contributed by atoms with E-state index in [-0.39, 0.29) is 18.2 Å². The van der Waals surface area contributed by atoms with Crippen LogP contribution in [-0.2, 0) is 0 Å². The Morgan fingerprint density at radius 2 is 1.80 bits per heavy atom. The third-order valence-electron chi connectivity index (χ3n) is 1.95. The van der Waals surface area contributed by atoms with Gasteiger partial charge in [-0.2, -0.15) is 0 Å². The van der Waals surface area contributed by atoms with Crippen LogP contribution in [0.4, 0.5) is 18.9 Å². The number of nitrogens with one attached hydrogen (secondary N) is 1. The van der Waals surface area contributed by atoms with Gasteiger partial charge in [0.25, 0.3) is 0 Å². The van der Waals surface area contributed by atoms with Gasteiger partial charge in [0.15, 0.2) is 17.5 Å². The lowest BCUT2D eigenvalue weighted by molar-refractivity contribution is 0.244. The lowest BCUT2D eigenvalue weighted by Crippen LogP contribution is -2.14. The number of hydrogen-bond donors (Lipinski definition) is 2. The van der Waals surface area contributed by atoms with E-state index in [0.29, 0.717) is 6.54 Å². The topological polar surface area (TPSA) is 32.3 Å². The SMILES string of the molecule is CC(CO)CNc1cc(F)c(F)c(F)c1. The first kappa shape index (κ1) is 11.8. The molecule has 5 heteroatoms. The van der Waals surface area contributed by atoms with Crippen molar-refractivity contribution in [1.29, 1.82) is 0 Å². The molecule has 0 bridgehead atoms. The highest BCUT2D eigenvalue weighted by molar-refractivity contribution is 5.44. The Morgan fingerprint density at radius 3 is 2.27 bits per heavy atom. The molecule has 0 saturated carbocycles. The summed E-state index contributed by atoms with van der Waals surface area (Å²) in [6.45, 7) is 2.10. The zero-order chi connectivity index (χ0) is 11.4. The average molecular weight is 219 g/mol. The van der Waals surface area contributed by atoms with Crippen LogP contribution in [0.3, 0.4) is 0 Å². The Hall–Kier alpha value is -1.23. The average Bonchev–Trinajstić information content (AvgIpc) is 2.22. The maximum atomic E-state index is 12.7. The van der Waals surface area contributed by atoms with E-state index in [4.69, 9.17) is 5.11 Å². The van der Waals surface area contributed by atoms with Gasteiger partial charge in [-0.05, 0) is 5.92 Å². The Labute approximate surface area is 85.7 Å². The molecular weight excluding hydrogens is 207 g/mol. The molecule has 0 aliphatic rings. The minimum atomic E-state index is -1.48. The first-order valence-corrected chi connectivity index (χ1v) is 4.54. The second-order valence-electron chi connectivity index (χ2n) is 3.42. The summed E-state index contributed by atoms with van der Waals surface area (Å²) in [7, 11) is 0. The molecule has 2 N–H and O–H groups in total. The van der Waals surface area contributed by atoms with Gasteiger partial charge in [0.2, 0.25) is 0 Å². The van der Waals surface area contributed by atoms with Gasteiger partial charge in [0, 0.05) is 31.0 Å². The fraction of sp³-hybridized carbons (Fsp3) is 0.400. The Balaban J connectivity index is 2.70. The van der Waals surface area contributed by atoms with Crippen LogP contribution in [-0.4, -0.2) is 18.3 Å². The highest BCUT2D eigenvalue weighted by Crippen LogP contribution is 2.17. The van der Waals surface area contributed by atoms with Crippen LogP contribution in [0.1, 0.15) is 6.92 Å². The minimum Gasteiger partial charge on any atom is -0.396 e. The van der Waals surface area contributed by atoms with Gasteiger partial charge in [-0.1, -0.05) is 6.92 Å². The fourth-order valence-corrected chi connectivity index (χ4v) is 1.01. The molecule has 1 aromatic carbocycles. The Bertz CT molecular complexity index is 320. The van der Waals surface area contributed by atoms with E-state index in [1.54, 1.807) is 6.92 Å². The predicted molar refractivity (Wildman–Crippen MR) is 51.1 cm³/mol. The maximum absolute atomic E-state index is 12.7. The minimum absolute atomic E-state index is 0.0286. The van der Waals surface area contributed by atoms with Crippen molar-refractivity contribution in [2.75, 3.05) is 18.5 Å². The molecule has 1 unspecified atom stereocenters. The van der Waals surface area contributed by atoms with Crippen molar-refractivity contribution >= 4 is 5.69 Å². The molecule has 0 heterocycles. The van der Waals surface area contributed by atoms with Crippen molar-refractivity contribution in [3.63, 3.8) is 0 Å². The number of aliphatic hydroxyl groups is 1. The molecule has 0 aliphatic carbocycles. The molecule has 0 aliphatic heterocycles. The molecular formula is C10H12F3NO. The summed E-state index contributed by atoms with van der Waals surface area (Å²) in [5.74, 6) is -3.97. The summed E-state index contributed by atoms with van der Waals surface area (Å²) in [5, 5.41) is 11.4. The predicted octanol–water partition coefficient (Wildman–Crippen LogP) is 2.14. The highest BCUT2D eigenvalue weighted by atomic mass is 19.2. The van der Waals surface area contributed by atoms with Crippen LogP contribution in [0.25, 0.3) is 0 Å². The first-order chi connectivity index (χ1) is 7.04. The summed E-state index contributed by atoms with van der Waals surface area (Å²) in [5.41, 5.74) is 0.159. The first-order valence-electron chi connectivity index (χ1n) is 4.54. The lowest BCUT2D eigenvalue weighted by atomic mass is 10.2. The summed E-state index contributed by atoms with van der Waals surface area (Å²) in [6, 6.07) is 1.75. The number of benzene rings is 1. The smallest absolute Gasteiger partial charge is 0.194 e. The standard InChI is InChI=1S/C10H12F3NO/c1-6(5-15)4-14-7-2-8(11)10(13)9(12)3-7/h2-3,6,14-15H,4-5H2,1H3. The van der Waals surface area contributed by atoms with Gasteiger partial charge in [0.1, 0.15) is 0 Å². The monoisotopic (exact) mass is 219 g/mol. The van der Waals surface area contributed by atoms with E-state index in [1.165, 1.54) is 0 Å². The van der Waals surface area contributed by atoms with E-state index < -0.39 is 17.5 Å². The molecule has 1 atom stereocenters. The second kappa shape index (κ2) is 5.02. The molecule has 0 radical (unpaired) electrons. The molecule has 1 rings (SSSR count). The molecule has 0 spiro atoms. The van der Waals surface area contributed by atoms with Crippen molar-refractivity contribution in [3.8, 4) is 0 Å². The number of anilines is 1. The number of aliphatic hydroxyl groups excluding tert-OH is 1. The van der Waals surface area contributed by atoms with Crippen LogP contribution in [0.2, 0.25) is 0 Å². The molecule has 0 fully saturated rings. The van der Waals surface area contributed by atoms with E-state index in [2.05, 4.69) is 5.32 Å². The van der Waals surface area contributed by atoms with Gasteiger partial charge >= 0.3 is 0 Å². The zero-order valence-corrected chi connectivity index (χ0v) is 8.23. The van der Waals surface area contributed by atoms with Crippen LogP contribution in [0, 0.1) is 23.4 Å². The van der Waals surface area contributed by atoms with Crippen LogP contribution >= 0.6 is 0 Å². The second-order valence-corrected chi connectivity index (χ2v) is 3.42. The van der Waals surface area contributed by atoms with Crippen LogP contribution in [0.15, 0.2) is 12.1 Å². The lowest BCUT2D eigenvalue weighted by Gasteiger charge is -2.11. The summed E-state index contributed by atoms with van der Waals surface area (Å²) >= 11 is 0. The Morgan fingerprint density at radius 1 is 1.27 bits per heavy atom. The van der Waals surface area contributed by atoms with Gasteiger partial charge in [-0.15, -0.1) is 0 Å². The van der Waals surface area contributed by atoms with Crippen molar-refractivity contribution in [2.24, 2.45) is 5.92 Å². The van der Waals surface area contributed by atoms with E-state index >= 15 is 0 Å². The summed E-state index contributed by atoms with van der Waals surface area (Å²) in [4.78, 5) is 0. The van der Waals surface area contributed by atoms with Crippen molar-refractivity contribution in [2.45, 2.75) is 6.92 Å². The van der Waals surface area contributed by atoms with Crippen molar-refractivity contribution in [3.05, 3.63) is 29.6 Å². The number of hydrogen-bond acceptors (Lipinski definition) is 2. The van der Waals surface area contributed by atoms with Crippen molar-refractivity contribution < 1.29 is 18.3 Å². The zero-order valence-electron chi connectivity index (χ0n) is 8.23. The van der Waals surface area contributed by atoms with Gasteiger partial charge in [-0.3, -0.25) is 0 Å². The van der Waals surface area contributed by atoms with E-state index in [9.17, 15) is 13.2 Å². The molecule has 84 valence electrons. The van der Waals surface area contributed by atoms with E-state index in [0.717, 1.165) is 12.1 Å². The molecule has 15 heavy (non-hydrogen) atoms. The fourth-order valence-electron chi connectivity index (χ4n) is 1.01. The maximum Gasteiger partial charge on any atom is 0.194 e. The third-order valence-corrected chi connectivity index (χ3v) is 1.95. The Kier molecular flexibility index (Phi) is 3.96. The van der Waals surface area contributed by atoms with Gasteiger partial charge in [-0.25, -0.2) is 13.2 Å². The third kappa shape index (κ3) is 3.13. The van der Waals surface area contributed by atoms with Gasteiger partial charge < -0.3 is 10.4 Å². The van der Waals surface area contributed by atoms with Crippen LogP contribution in [0.5, 0.6) is 0 Å². The highest BCUT2D eigenvalue weighted by Gasteiger charge is 2.10. The van der Waals surface area contributed by atoms with Crippen molar-refractivity contribution in [1.82, 2.24) is 0 Å². The quantitative estimate of drug-likeness (QED) is 0.760. The molecule has 0 saturated heterocycles. The summed E-state index contributed by atoms with van der Waals surface area (Å²) in [6.07, 6.45) is 0. The normalized spacial score (nSPS) is 12.6. The van der Waals surface area contributed by atoms with E-state index in [1.807, 2.05) is 0 Å². The molecule has 0 aromatic heterocycles. The molecule has 1 aromatic rings.